The van der Waals surface area contributed by atoms with Crippen LogP contribution in [0.3, 0.4) is 0 Å². The summed E-state index contributed by atoms with van der Waals surface area (Å²) in [6.45, 7) is 2.00. The standard InChI is InChI=1S/C14H11Br2N3S/c1-7-18-12-6-11(10(17)5-13(12)20-7)19-14-8(15)3-2-4-9(14)16/h2-6,19H,17H2,1H3. The molecule has 0 atom stereocenters. The van der Waals surface area contributed by atoms with Crippen LogP contribution in [0.4, 0.5) is 17.1 Å². The molecule has 0 fully saturated rings. The number of aryl methyl sites for hydroxylation is 1. The zero-order chi connectivity index (χ0) is 14.3. The van der Waals surface area contributed by atoms with Crippen molar-refractivity contribution in [3.05, 3.63) is 44.3 Å². The molecule has 0 spiro atoms. The number of para-hydroxylation sites is 1. The third-order valence-electron chi connectivity index (χ3n) is 2.89. The van der Waals surface area contributed by atoms with Crippen LogP contribution in [0.15, 0.2) is 39.3 Å². The second kappa shape index (κ2) is 5.35. The molecule has 0 radical (unpaired) electrons. The van der Waals surface area contributed by atoms with Gasteiger partial charge in [0.2, 0.25) is 0 Å². The number of nitrogens with one attached hydrogen (secondary N) is 1. The van der Waals surface area contributed by atoms with Crippen molar-refractivity contribution in [1.82, 2.24) is 4.98 Å². The van der Waals surface area contributed by atoms with Crippen molar-refractivity contribution in [2.24, 2.45) is 0 Å². The van der Waals surface area contributed by atoms with Crippen LogP contribution in [0.25, 0.3) is 10.2 Å². The number of halogens is 2. The molecule has 0 aliphatic rings. The van der Waals surface area contributed by atoms with E-state index >= 15 is 0 Å². The third kappa shape index (κ3) is 2.55. The number of rotatable bonds is 2. The van der Waals surface area contributed by atoms with Gasteiger partial charge in [0.1, 0.15) is 0 Å². The maximum Gasteiger partial charge on any atom is 0.0907 e. The van der Waals surface area contributed by atoms with Gasteiger partial charge in [-0.25, -0.2) is 4.98 Å². The first kappa shape index (κ1) is 13.9. The van der Waals surface area contributed by atoms with Gasteiger partial charge in [0, 0.05) is 8.95 Å². The molecule has 0 aliphatic carbocycles. The highest BCUT2D eigenvalue weighted by Gasteiger charge is 2.10. The number of thiazole rings is 1. The van der Waals surface area contributed by atoms with Gasteiger partial charge in [0.15, 0.2) is 0 Å². The second-order valence-electron chi connectivity index (χ2n) is 4.36. The number of hydrogen-bond donors (Lipinski definition) is 2. The molecule has 3 N–H and O–H groups in total. The Morgan fingerprint density at radius 2 is 1.90 bits per heavy atom. The van der Waals surface area contributed by atoms with Crippen LogP contribution in [0.2, 0.25) is 0 Å². The zero-order valence-corrected chi connectivity index (χ0v) is 14.6. The van der Waals surface area contributed by atoms with E-state index in [-0.39, 0.29) is 0 Å². The van der Waals surface area contributed by atoms with E-state index in [9.17, 15) is 0 Å². The number of nitrogen functional groups attached to an aromatic ring is 1. The first-order valence-electron chi connectivity index (χ1n) is 5.92. The Morgan fingerprint density at radius 1 is 1.20 bits per heavy atom. The van der Waals surface area contributed by atoms with Gasteiger partial charge in [-0.3, -0.25) is 0 Å². The Kier molecular flexibility index (Phi) is 3.70. The van der Waals surface area contributed by atoms with Crippen molar-refractivity contribution < 1.29 is 0 Å². The van der Waals surface area contributed by atoms with Gasteiger partial charge in [-0.05, 0) is 63.0 Å². The van der Waals surface area contributed by atoms with Crippen molar-refractivity contribution in [2.45, 2.75) is 6.92 Å². The van der Waals surface area contributed by atoms with Crippen LogP contribution in [-0.4, -0.2) is 4.98 Å². The van der Waals surface area contributed by atoms with Crippen LogP contribution in [0.1, 0.15) is 5.01 Å². The first-order chi connectivity index (χ1) is 9.54. The van der Waals surface area contributed by atoms with E-state index in [4.69, 9.17) is 5.73 Å². The minimum Gasteiger partial charge on any atom is -0.397 e. The van der Waals surface area contributed by atoms with E-state index in [0.29, 0.717) is 5.69 Å². The summed E-state index contributed by atoms with van der Waals surface area (Å²) >= 11 is 8.72. The molecular weight excluding hydrogens is 402 g/mol. The van der Waals surface area contributed by atoms with Crippen molar-refractivity contribution in [2.75, 3.05) is 11.1 Å². The van der Waals surface area contributed by atoms with Gasteiger partial charge in [0.25, 0.3) is 0 Å². The molecular formula is C14H11Br2N3S. The van der Waals surface area contributed by atoms with Gasteiger partial charge in [-0.2, -0.15) is 0 Å². The lowest BCUT2D eigenvalue weighted by Crippen LogP contribution is -1.97. The molecule has 1 aromatic heterocycles. The number of aromatic nitrogens is 1. The molecule has 3 aromatic rings. The number of nitrogens with two attached hydrogens (primary N) is 1. The molecule has 3 rings (SSSR count). The van der Waals surface area contributed by atoms with Crippen LogP contribution in [-0.2, 0) is 0 Å². The first-order valence-corrected chi connectivity index (χ1v) is 8.32. The van der Waals surface area contributed by atoms with Gasteiger partial charge >= 0.3 is 0 Å². The molecule has 0 saturated carbocycles. The molecule has 0 aliphatic heterocycles. The summed E-state index contributed by atoms with van der Waals surface area (Å²) in [6, 6.07) is 9.88. The molecule has 2 aromatic carbocycles. The van der Waals surface area contributed by atoms with E-state index in [1.165, 1.54) is 0 Å². The Labute approximate surface area is 137 Å². The summed E-state index contributed by atoms with van der Waals surface area (Å²) in [4.78, 5) is 4.50. The minimum absolute atomic E-state index is 0.712. The summed E-state index contributed by atoms with van der Waals surface area (Å²) in [7, 11) is 0. The van der Waals surface area contributed by atoms with Crippen LogP contribution in [0.5, 0.6) is 0 Å². The second-order valence-corrected chi connectivity index (χ2v) is 7.31. The fourth-order valence-corrected chi connectivity index (χ4v) is 4.02. The minimum atomic E-state index is 0.712. The Morgan fingerprint density at radius 3 is 2.60 bits per heavy atom. The highest BCUT2D eigenvalue weighted by Crippen LogP contribution is 2.36. The topological polar surface area (TPSA) is 50.9 Å². The number of benzene rings is 2. The third-order valence-corrected chi connectivity index (χ3v) is 5.14. The number of fused-ring (bicyclic) bond motifs is 1. The van der Waals surface area contributed by atoms with E-state index < -0.39 is 0 Å². The van der Waals surface area contributed by atoms with E-state index in [0.717, 1.165) is 35.5 Å². The van der Waals surface area contributed by atoms with Gasteiger partial charge < -0.3 is 11.1 Å². The maximum absolute atomic E-state index is 6.13. The summed E-state index contributed by atoms with van der Waals surface area (Å²) in [5.41, 5.74) is 9.61. The fourth-order valence-electron chi connectivity index (χ4n) is 1.96. The number of anilines is 3. The lowest BCUT2D eigenvalue weighted by molar-refractivity contribution is 1.35. The van der Waals surface area contributed by atoms with Crippen LogP contribution >= 0.6 is 43.2 Å². The van der Waals surface area contributed by atoms with E-state index in [1.54, 1.807) is 11.3 Å². The lowest BCUT2D eigenvalue weighted by Gasteiger charge is -2.12. The smallest absolute Gasteiger partial charge is 0.0907 e. The number of nitrogens with zero attached hydrogens (tertiary/aromatic N) is 1. The SMILES string of the molecule is Cc1nc2cc(Nc3c(Br)cccc3Br)c(N)cc2s1. The average Bonchev–Trinajstić information content (AvgIpc) is 2.73. The summed E-state index contributed by atoms with van der Waals surface area (Å²) in [5.74, 6) is 0. The highest BCUT2D eigenvalue weighted by atomic mass is 79.9. The van der Waals surface area contributed by atoms with Gasteiger partial charge in [-0.15, -0.1) is 11.3 Å². The summed E-state index contributed by atoms with van der Waals surface area (Å²) in [5, 5.41) is 4.40. The summed E-state index contributed by atoms with van der Waals surface area (Å²) < 4.78 is 3.05. The highest BCUT2D eigenvalue weighted by molar-refractivity contribution is 9.11. The maximum atomic E-state index is 6.13. The Balaban J connectivity index is 2.08. The van der Waals surface area contributed by atoms with Crippen molar-refractivity contribution in [3.63, 3.8) is 0 Å². The average molecular weight is 413 g/mol. The molecule has 0 amide bonds. The molecule has 0 bridgehead atoms. The quantitative estimate of drug-likeness (QED) is 0.549. The molecule has 6 heteroatoms. The molecule has 0 saturated heterocycles. The van der Waals surface area contributed by atoms with E-state index in [1.807, 2.05) is 37.3 Å². The Hall–Kier alpha value is -1.11. The summed E-state index contributed by atoms with van der Waals surface area (Å²) in [6.07, 6.45) is 0. The van der Waals surface area contributed by atoms with Crippen molar-refractivity contribution in [3.8, 4) is 0 Å². The molecule has 3 nitrogen and oxygen atoms in total. The van der Waals surface area contributed by atoms with Gasteiger partial charge in [-0.1, -0.05) is 6.07 Å². The van der Waals surface area contributed by atoms with Crippen molar-refractivity contribution >= 4 is 70.5 Å². The number of hydrogen-bond acceptors (Lipinski definition) is 4. The van der Waals surface area contributed by atoms with E-state index in [2.05, 4.69) is 42.2 Å². The van der Waals surface area contributed by atoms with Crippen LogP contribution in [0, 0.1) is 6.92 Å². The largest absolute Gasteiger partial charge is 0.397 e. The monoisotopic (exact) mass is 411 g/mol. The molecule has 0 unspecified atom stereocenters. The fraction of sp³-hybridized carbons (Fsp3) is 0.0714. The van der Waals surface area contributed by atoms with Gasteiger partial charge in [0.05, 0.1) is 32.3 Å². The predicted octanol–water partition coefficient (Wildman–Crippen LogP) is 5.46. The lowest BCUT2D eigenvalue weighted by atomic mass is 10.2. The zero-order valence-electron chi connectivity index (χ0n) is 10.6. The normalized spacial score (nSPS) is 10.9. The Bertz CT molecular complexity index is 778. The van der Waals surface area contributed by atoms with Crippen molar-refractivity contribution in [1.29, 1.82) is 0 Å². The van der Waals surface area contributed by atoms with Crippen LogP contribution < -0.4 is 11.1 Å². The molecule has 1 heterocycles. The molecule has 20 heavy (non-hydrogen) atoms. The predicted molar refractivity (Wildman–Crippen MR) is 93.9 cm³/mol. The molecule has 102 valence electrons.